The smallest absolute Gasteiger partial charge is 0.310 e. The first kappa shape index (κ1) is 45.5. The Hall–Kier alpha value is -5.98. The molecular formula is C50H56O12. The maximum absolute atomic E-state index is 13.5. The molecular weight excluding hydrogens is 793 g/mol. The minimum Gasteiger partial charge on any atom is -0.491 e. The molecule has 0 aliphatic heterocycles. The SMILES string of the molecule is CC(C)(c1ccccc1)c1ccc(OCCOCCOC(=O)C2C3C=CC(C2C(=O)O)C(C(=O)O)C3C(=O)OCCOCCOc2ccc(C(C)(C)c3ccccc3)cc2)cc1. The molecule has 4 unspecified atom stereocenters. The molecule has 328 valence electrons. The van der Waals surface area contributed by atoms with Gasteiger partial charge in [0.15, 0.2) is 0 Å². The zero-order valence-electron chi connectivity index (χ0n) is 35.6. The fourth-order valence-corrected chi connectivity index (χ4v) is 8.60. The molecule has 2 bridgehead atoms. The van der Waals surface area contributed by atoms with E-state index in [1.165, 1.54) is 23.3 Å². The number of carbonyl (C=O) groups is 4. The molecule has 12 nitrogen and oxygen atoms in total. The first-order valence-corrected chi connectivity index (χ1v) is 21.0. The van der Waals surface area contributed by atoms with Gasteiger partial charge in [-0.05, 0) is 46.5 Å². The van der Waals surface area contributed by atoms with Crippen LogP contribution in [0.25, 0.3) is 0 Å². The van der Waals surface area contributed by atoms with Crippen molar-refractivity contribution in [3.63, 3.8) is 0 Å². The third kappa shape index (κ3) is 10.7. The van der Waals surface area contributed by atoms with Crippen LogP contribution in [0.1, 0.15) is 49.9 Å². The molecule has 3 aliphatic carbocycles. The predicted molar refractivity (Wildman–Crippen MR) is 230 cm³/mol. The van der Waals surface area contributed by atoms with Crippen molar-refractivity contribution in [3.05, 3.63) is 144 Å². The number of esters is 2. The van der Waals surface area contributed by atoms with Gasteiger partial charge in [-0.15, -0.1) is 0 Å². The largest absolute Gasteiger partial charge is 0.491 e. The number of hydrogen-bond acceptors (Lipinski definition) is 10. The number of fused-ring (bicyclic) bond motifs is 2. The van der Waals surface area contributed by atoms with Gasteiger partial charge in [0, 0.05) is 22.7 Å². The Morgan fingerprint density at radius 2 is 0.758 bits per heavy atom. The van der Waals surface area contributed by atoms with Crippen LogP contribution in [0.2, 0.25) is 0 Å². The topological polar surface area (TPSA) is 164 Å². The van der Waals surface area contributed by atoms with E-state index in [0.29, 0.717) is 11.5 Å². The van der Waals surface area contributed by atoms with Crippen molar-refractivity contribution < 1.29 is 57.8 Å². The van der Waals surface area contributed by atoms with Gasteiger partial charge in [-0.2, -0.15) is 0 Å². The van der Waals surface area contributed by atoms with Crippen LogP contribution in [-0.2, 0) is 49.0 Å². The number of carboxylic acid groups (broad SMARTS) is 2. The van der Waals surface area contributed by atoms with Gasteiger partial charge in [0.2, 0.25) is 0 Å². The highest BCUT2D eigenvalue weighted by Crippen LogP contribution is 2.52. The fraction of sp³-hybridized carbons (Fsp3) is 0.400. The molecule has 0 radical (unpaired) electrons. The molecule has 4 aromatic carbocycles. The summed E-state index contributed by atoms with van der Waals surface area (Å²) >= 11 is 0. The van der Waals surface area contributed by atoms with Crippen molar-refractivity contribution >= 4 is 23.9 Å². The summed E-state index contributed by atoms with van der Waals surface area (Å²) in [6.45, 7) is 9.25. The van der Waals surface area contributed by atoms with Crippen LogP contribution in [0.4, 0.5) is 0 Å². The molecule has 0 saturated heterocycles. The minimum atomic E-state index is -1.41. The van der Waals surface area contributed by atoms with Crippen LogP contribution in [-0.4, -0.2) is 86.9 Å². The van der Waals surface area contributed by atoms with Gasteiger partial charge in [-0.3, -0.25) is 19.2 Å². The Morgan fingerprint density at radius 3 is 1.11 bits per heavy atom. The molecule has 4 atom stereocenters. The summed E-state index contributed by atoms with van der Waals surface area (Å²) in [4.78, 5) is 51.9. The molecule has 1 fully saturated rings. The van der Waals surface area contributed by atoms with E-state index < -0.39 is 59.4 Å². The summed E-state index contributed by atoms with van der Waals surface area (Å²) in [6, 6.07) is 36.3. The zero-order valence-corrected chi connectivity index (χ0v) is 35.6. The lowest BCUT2D eigenvalue weighted by atomic mass is 9.53. The zero-order chi connectivity index (χ0) is 44.3. The average molecular weight is 849 g/mol. The lowest BCUT2D eigenvalue weighted by Crippen LogP contribution is -2.58. The number of allylic oxidation sites excluding steroid dienone is 2. The van der Waals surface area contributed by atoms with Crippen molar-refractivity contribution in [2.45, 2.75) is 38.5 Å². The highest BCUT2D eigenvalue weighted by molar-refractivity contribution is 5.89. The second kappa shape index (κ2) is 20.7. The van der Waals surface area contributed by atoms with Gasteiger partial charge >= 0.3 is 23.9 Å². The number of benzene rings is 4. The Morgan fingerprint density at radius 1 is 0.435 bits per heavy atom. The monoisotopic (exact) mass is 848 g/mol. The van der Waals surface area contributed by atoms with E-state index in [2.05, 4.69) is 52.0 Å². The van der Waals surface area contributed by atoms with Gasteiger partial charge in [0.05, 0.1) is 50.1 Å². The van der Waals surface area contributed by atoms with Gasteiger partial charge in [0.1, 0.15) is 37.9 Å². The Bertz CT molecular complexity index is 1980. The second-order valence-electron chi connectivity index (χ2n) is 16.6. The maximum Gasteiger partial charge on any atom is 0.310 e. The molecule has 0 heterocycles. The van der Waals surface area contributed by atoms with Crippen LogP contribution >= 0.6 is 0 Å². The van der Waals surface area contributed by atoms with E-state index in [-0.39, 0.29) is 63.7 Å². The van der Waals surface area contributed by atoms with Crippen molar-refractivity contribution in [3.8, 4) is 11.5 Å². The van der Waals surface area contributed by atoms with E-state index in [1.54, 1.807) is 0 Å². The van der Waals surface area contributed by atoms with E-state index in [4.69, 9.17) is 28.4 Å². The van der Waals surface area contributed by atoms with E-state index >= 15 is 0 Å². The predicted octanol–water partition coefficient (Wildman–Crippen LogP) is 7.37. The van der Waals surface area contributed by atoms with Gasteiger partial charge in [0.25, 0.3) is 0 Å². The van der Waals surface area contributed by atoms with Crippen LogP contribution < -0.4 is 9.47 Å². The molecule has 3 aliphatic rings. The van der Waals surface area contributed by atoms with Crippen LogP contribution in [0.5, 0.6) is 11.5 Å². The number of rotatable bonds is 22. The first-order valence-electron chi connectivity index (χ1n) is 21.0. The summed E-state index contributed by atoms with van der Waals surface area (Å²) in [5, 5.41) is 20.3. The molecule has 4 aromatic rings. The molecule has 0 spiro atoms. The summed E-state index contributed by atoms with van der Waals surface area (Å²) in [6.07, 6.45) is 3.00. The Labute approximate surface area is 362 Å². The summed E-state index contributed by atoms with van der Waals surface area (Å²) in [5.41, 5.74) is 4.35. The van der Waals surface area contributed by atoms with Gasteiger partial charge < -0.3 is 38.6 Å². The van der Waals surface area contributed by atoms with E-state index in [9.17, 15) is 29.4 Å². The first-order chi connectivity index (χ1) is 29.8. The molecule has 12 heteroatoms. The number of ether oxygens (including phenoxy) is 6. The van der Waals surface area contributed by atoms with Crippen LogP contribution in [0.3, 0.4) is 0 Å². The third-order valence-corrected chi connectivity index (χ3v) is 12.2. The lowest BCUT2D eigenvalue weighted by molar-refractivity contribution is -0.183. The van der Waals surface area contributed by atoms with Crippen LogP contribution in [0.15, 0.2) is 121 Å². The van der Waals surface area contributed by atoms with Crippen molar-refractivity contribution in [2.24, 2.45) is 35.5 Å². The molecule has 7 rings (SSSR count). The third-order valence-electron chi connectivity index (χ3n) is 12.2. The molecule has 0 amide bonds. The highest BCUT2D eigenvalue weighted by atomic mass is 16.6. The number of aliphatic carboxylic acids is 2. The van der Waals surface area contributed by atoms with Crippen molar-refractivity contribution in [1.82, 2.24) is 0 Å². The fourth-order valence-electron chi connectivity index (χ4n) is 8.60. The highest BCUT2D eigenvalue weighted by Gasteiger charge is 2.61. The van der Waals surface area contributed by atoms with E-state index in [0.717, 1.165) is 11.1 Å². The summed E-state index contributed by atoms with van der Waals surface area (Å²) < 4.78 is 33.8. The lowest BCUT2D eigenvalue weighted by Gasteiger charge is -2.48. The van der Waals surface area contributed by atoms with Gasteiger partial charge in [-0.1, -0.05) is 125 Å². The average Bonchev–Trinajstić information content (AvgIpc) is 3.28. The van der Waals surface area contributed by atoms with Crippen molar-refractivity contribution in [2.75, 3.05) is 52.9 Å². The second-order valence-corrected chi connectivity index (χ2v) is 16.6. The molecule has 2 N–H and O–H groups in total. The van der Waals surface area contributed by atoms with E-state index in [1.807, 2.05) is 84.9 Å². The maximum atomic E-state index is 13.5. The standard InChI is InChI=1S/C50H56O12/c1-49(2,33-11-7-5-8-12-33)35-15-19-37(20-16-35)59-29-25-57-27-31-61-47(55)43-40-24-23-39(41(43)45(51)52)42(46(53)54)44(40)48(56)62-32-28-58-26-30-60-38-21-17-36(18-22-38)50(3,4)34-13-9-6-10-14-34/h5-24,39-44H,25-32H2,1-4H3,(H,51,52)(H,53,54). The summed E-state index contributed by atoms with van der Waals surface area (Å²) in [7, 11) is 0. The number of hydrogen-bond donors (Lipinski definition) is 2. The normalized spacial score (nSPS) is 20.6. The van der Waals surface area contributed by atoms with Gasteiger partial charge in [-0.25, -0.2) is 0 Å². The van der Waals surface area contributed by atoms with Crippen LogP contribution in [0, 0.1) is 35.5 Å². The molecule has 1 saturated carbocycles. The minimum absolute atomic E-state index is 0.0152. The number of carboxylic acids is 2. The Balaban J connectivity index is 0.923. The molecule has 62 heavy (non-hydrogen) atoms. The Kier molecular flexibility index (Phi) is 15.2. The molecule has 0 aromatic heterocycles. The number of carbonyl (C=O) groups excluding carboxylic acids is 2. The van der Waals surface area contributed by atoms with Crippen molar-refractivity contribution in [1.29, 1.82) is 0 Å². The summed E-state index contributed by atoms with van der Waals surface area (Å²) in [5.74, 6) is -10.7. The quantitative estimate of drug-likeness (QED) is 0.0460.